The molecule has 0 amide bonds. The highest BCUT2D eigenvalue weighted by molar-refractivity contribution is 6.80. The minimum Gasteiger partial charge on any atom is -0.120 e. The van der Waals surface area contributed by atoms with E-state index in [4.69, 9.17) is 281 Å². The molecule has 0 N–H and O–H groups in total. The number of fused-ring (bicyclic) bond motifs is 1. The fourth-order valence-electron chi connectivity index (χ4n) is 14.1. The molecule has 12 aromatic rings. The monoisotopic (exact) mass is 1120 g/mol. The number of allylic oxidation sites excluding steroid dienone is 4. The third-order valence-corrected chi connectivity index (χ3v) is 19.0. The van der Waals surface area contributed by atoms with Crippen molar-refractivity contribution in [1.29, 1.82) is 0 Å². The smallest absolute Gasteiger partial charge is 0.120 e. The number of terminal acetylenes is 1. The predicted octanol–water partition coefficient (Wildman–Crippen LogP) is -23.7. The van der Waals surface area contributed by atoms with Gasteiger partial charge in [-0.1, -0.05) is 153 Å². The number of hydrogen-bond acceptors (Lipinski definition) is 0. The number of rotatable bonds is 7. The second-order valence-electron chi connectivity index (χ2n) is 23.6. The van der Waals surface area contributed by atoms with Gasteiger partial charge < -0.3 is 0 Å². The van der Waals surface area contributed by atoms with Crippen LogP contribution in [0.4, 0.5) is 0 Å². The van der Waals surface area contributed by atoms with Crippen LogP contribution in [0, 0.1) is 12.3 Å². The summed E-state index contributed by atoms with van der Waals surface area (Å²) in [6, 6.07) is 0. The van der Waals surface area contributed by atoms with Gasteiger partial charge in [0.05, 0.1) is 0 Å². The minimum absolute atomic E-state index is 0.00537. The lowest BCUT2D eigenvalue weighted by atomic mass is 9.54. The van der Waals surface area contributed by atoms with Crippen LogP contribution in [0.1, 0.15) is 11.1 Å². The highest BCUT2D eigenvalue weighted by atomic mass is 14.3. The van der Waals surface area contributed by atoms with Gasteiger partial charge in [-0.2, -0.15) is 0 Å². The van der Waals surface area contributed by atoms with E-state index in [9.17, 15) is 0 Å². The molecule has 96 heavy (non-hydrogen) atoms. The SMILES string of the molecule is [B]/C(Cc1c([B])c([B])c2c([B])c([B])c3c([B])c([B])c([B])c4c([B])c([B])c1c2c34)=C([B])/C(=C(/[B])C#C)c1c([B])c(-c2c([B])c([B])c([B])c(-c3c([B])c([B])c4c([B])c([B])c5c([B])c([B])c([B])c6c([B])c([B])c3c4c56)c2[B])c([B])c(-c2c([B])c([B])c([B])c3c([B])c([B])c([B])c([B])c23)c1[B]. The summed E-state index contributed by atoms with van der Waals surface area (Å²) in [6.07, 6.45) is 5.80. The second-order valence-corrected chi connectivity index (χ2v) is 23.6. The van der Waals surface area contributed by atoms with E-state index in [2.05, 4.69) is 5.92 Å². The van der Waals surface area contributed by atoms with Crippen LogP contribution in [-0.2, 0) is 6.42 Å². The predicted molar refractivity (Wildman–Crippen MR) is 450 cm³/mol. The van der Waals surface area contributed by atoms with Crippen molar-refractivity contribution < 1.29 is 0 Å². The largest absolute Gasteiger partial charge is 0.127 e. The first kappa shape index (κ1) is 70.2. The Morgan fingerprint density at radius 3 is 0.802 bits per heavy atom. The van der Waals surface area contributed by atoms with Gasteiger partial charge in [0.15, 0.2) is 0 Å². The van der Waals surface area contributed by atoms with Crippen LogP contribution in [0.3, 0.4) is 0 Å². The van der Waals surface area contributed by atoms with Crippen LogP contribution >= 0.6 is 0 Å². The quantitative estimate of drug-likeness (QED) is 0.0646. The van der Waals surface area contributed by atoms with Gasteiger partial charge in [-0.15, -0.1) is 44.7 Å². The van der Waals surface area contributed by atoms with Gasteiger partial charge in [0.1, 0.15) is 275 Å². The highest BCUT2D eigenvalue weighted by Crippen LogP contribution is 2.36. The van der Waals surface area contributed by atoms with Gasteiger partial charge in [0, 0.05) is 0 Å². The molecule has 0 atom stereocenters. The van der Waals surface area contributed by atoms with E-state index in [1.807, 2.05) is 0 Å². The molecule has 0 unspecified atom stereocenters. The third kappa shape index (κ3) is 9.07. The highest BCUT2D eigenvalue weighted by Gasteiger charge is 2.33. The molecule has 352 valence electrons. The Bertz CT molecular complexity index is 5800. The van der Waals surface area contributed by atoms with Crippen LogP contribution in [0.2, 0.25) is 0 Å². The first-order chi connectivity index (χ1) is 44.8. The van der Waals surface area contributed by atoms with Gasteiger partial charge in [-0.05, 0) is 137 Å². The van der Waals surface area contributed by atoms with Crippen LogP contribution < -0.4 is 175 Å². The normalized spacial score (nSPS) is 12.5. The molecule has 35 heteroatoms. The van der Waals surface area contributed by atoms with Crippen LogP contribution in [0.15, 0.2) is 16.4 Å². The number of hydrogen-bond donors (Lipinski definition) is 0. The first-order valence-electron chi connectivity index (χ1n) is 28.3. The van der Waals surface area contributed by atoms with E-state index in [0.29, 0.717) is 5.39 Å². The molecule has 0 bridgehead atoms. The van der Waals surface area contributed by atoms with Crippen molar-refractivity contribution in [2.24, 2.45) is 0 Å². The summed E-state index contributed by atoms with van der Waals surface area (Å²) in [4.78, 5) is 0. The van der Waals surface area contributed by atoms with Gasteiger partial charge in [-0.3, -0.25) is 0 Å². The molecule has 0 aliphatic heterocycles. The van der Waals surface area contributed by atoms with E-state index in [1.165, 1.54) is 0 Å². The molecule has 0 spiro atoms. The molecule has 0 aliphatic carbocycles. The molecule has 0 saturated carbocycles. The van der Waals surface area contributed by atoms with Crippen molar-refractivity contribution in [1.82, 2.24) is 0 Å². The Morgan fingerprint density at radius 2 is 0.417 bits per heavy atom. The van der Waals surface area contributed by atoms with Crippen LogP contribution in [0.5, 0.6) is 0 Å². The molecule has 0 aliphatic rings. The zero-order valence-corrected chi connectivity index (χ0v) is 51.0. The average Bonchev–Trinajstić information content (AvgIpc) is 0.686. The Hall–Kier alpha value is -5.71. The Morgan fingerprint density at radius 1 is 0.208 bits per heavy atom. The summed E-state index contributed by atoms with van der Waals surface area (Å²) in [5.74, 6) is 2.42. The van der Waals surface area contributed by atoms with Crippen molar-refractivity contribution in [2.75, 3.05) is 0 Å². The van der Waals surface area contributed by atoms with E-state index in [-0.39, 0.29) is 284 Å². The lowest BCUT2D eigenvalue weighted by Crippen LogP contribution is -2.53. The van der Waals surface area contributed by atoms with E-state index >= 15 is 0 Å². The second kappa shape index (κ2) is 24.0. The lowest BCUT2D eigenvalue weighted by molar-refractivity contribution is 1.29. The molecular weight excluding hydrogens is 1110 g/mol. The molecule has 12 aromatic carbocycles. The fraction of sp³-hybridized carbons (Fsp3) is 0.0164. The van der Waals surface area contributed by atoms with E-state index in [1.54, 1.807) is 0 Å². The van der Waals surface area contributed by atoms with Crippen LogP contribution in [0.25, 0.3) is 114 Å². The Labute approximate surface area is 605 Å². The summed E-state index contributed by atoms with van der Waals surface area (Å²) in [5, 5.41) is 2.06. The topological polar surface area (TPSA) is 0 Å². The molecular formula is C61H3B35. The van der Waals surface area contributed by atoms with Crippen molar-refractivity contribution in [2.45, 2.75) is 6.42 Å². The fourth-order valence-corrected chi connectivity index (χ4v) is 14.1. The standard InChI is InChI=1S/C61H3B35/c1-2-5(62)8(30(65)6(63)3-4-7-9-11-20(41(76)35(7)70)48(83)57(92)49(84)21(11)46(81)44(79)18(9)40(75)29(4)64)17-31(66)24(15-16-26(53(88)56(91)38(15)73)54(89)61(96)60(95)39(16)74)33(68)27(32(17)67)28-34(69)25(52(87)59(94)55(28)90)14-13-10-12-22(43(78)36(13)71)50(85)58(93)51(86)23(12)47(82)45(80)19(10)42(77)37(14)72/h1H,3H2/b8-5+,30-6-. The summed E-state index contributed by atoms with van der Waals surface area (Å²) >= 11 is 0. The van der Waals surface area contributed by atoms with E-state index < -0.39 is 33.8 Å². The number of benzene rings is 12. The molecule has 70 radical (unpaired) electrons. The van der Waals surface area contributed by atoms with Gasteiger partial charge in [-0.25, -0.2) is 0 Å². The summed E-state index contributed by atoms with van der Waals surface area (Å²) in [7, 11) is 243. The maximum absolute atomic E-state index is 7.59. The van der Waals surface area contributed by atoms with Gasteiger partial charge in [0.2, 0.25) is 0 Å². The van der Waals surface area contributed by atoms with E-state index in [0.717, 1.165) is 0 Å². The maximum atomic E-state index is 7.59. The first-order valence-corrected chi connectivity index (χ1v) is 28.3. The van der Waals surface area contributed by atoms with Gasteiger partial charge >= 0.3 is 0 Å². The molecule has 0 heterocycles. The zero-order chi connectivity index (χ0) is 70.9. The summed E-state index contributed by atoms with van der Waals surface area (Å²) in [5.41, 5.74) is -8.74. The molecule has 0 saturated heterocycles. The lowest BCUT2D eigenvalue weighted by Gasteiger charge is -2.34. The van der Waals surface area contributed by atoms with Gasteiger partial charge in [0.25, 0.3) is 0 Å². The maximum Gasteiger partial charge on any atom is 0.127 e. The zero-order valence-electron chi connectivity index (χ0n) is 51.0. The van der Waals surface area contributed by atoms with Crippen molar-refractivity contribution in [3.63, 3.8) is 0 Å². The minimum atomic E-state index is -0.476. The third-order valence-electron chi connectivity index (χ3n) is 19.0. The molecule has 0 fully saturated rings. The molecule has 0 nitrogen and oxygen atoms in total. The Balaban J connectivity index is 1.25. The van der Waals surface area contributed by atoms with Crippen molar-refractivity contribution in [3.8, 4) is 45.7 Å². The van der Waals surface area contributed by atoms with Crippen molar-refractivity contribution >= 4 is 530 Å². The summed E-state index contributed by atoms with van der Waals surface area (Å²) in [6.45, 7) is 0. The molecule has 0 aromatic heterocycles. The molecule has 12 rings (SSSR count). The van der Waals surface area contributed by atoms with Crippen molar-refractivity contribution in [3.05, 3.63) is 27.5 Å². The Kier molecular flexibility index (Phi) is 17.5. The summed E-state index contributed by atoms with van der Waals surface area (Å²) < 4.78 is 0. The van der Waals surface area contributed by atoms with Crippen LogP contribution in [-0.4, -0.2) is 275 Å². The average molecular weight is 1110 g/mol.